The fraction of sp³-hybridized carbons (Fsp3) is 0.556. The molecular weight excluding hydrogens is 610 g/mol. The van der Waals surface area contributed by atoms with Gasteiger partial charge >= 0.3 is 5.97 Å². The van der Waals surface area contributed by atoms with E-state index < -0.39 is 11.6 Å². The maximum atomic E-state index is 13.5. The van der Waals surface area contributed by atoms with Crippen molar-refractivity contribution in [3.05, 3.63) is 77.1 Å². The summed E-state index contributed by atoms with van der Waals surface area (Å²) in [6.07, 6.45) is 11.0. The van der Waals surface area contributed by atoms with Crippen LogP contribution in [0.15, 0.2) is 49.1 Å². The Kier molecular flexibility index (Phi) is 13.0. The zero-order valence-electron chi connectivity index (χ0n) is 29.7. The van der Waals surface area contributed by atoms with Crippen LogP contribution < -0.4 is 0 Å². The lowest BCUT2D eigenvalue weighted by Gasteiger charge is -2.27. The summed E-state index contributed by atoms with van der Waals surface area (Å²) in [7, 11) is 1.68. The number of aromatic nitrogens is 7. The first kappa shape index (κ1) is 36.8. The topological polar surface area (TPSA) is 128 Å². The monoisotopic (exact) mass is 661 g/mol. The SMILES string of the molecule is CCCC(C)(CC)OCc1cn(Cc2cc(C(=O)OC(C)(C)C)cc(Cn3cc(COC(C)CCOC)nn3)c2-c2ccncc2)nn1. The first-order chi connectivity index (χ1) is 22.9. The Morgan fingerprint density at radius 3 is 2.06 bits per heavy atom. The molecule has 0 radical (unpaired) electrons. The summed E-state index contributed by atoms with van der Waals surface area (Å²) < 4.78 is 26.7. The van der Waals surface area contributed by atoms with Gasteiger partial charge in [0, 0.05) is 26.1 Å². The highest BCUT2D eigenvalue weighted by Crippen LogP contribution is 2.32. The molecule has 0 spiro atoms. The number of pyridine rings is 1. The number of hydrogen-bond acceptors (Lipinski definition) is 10. The highest BCUT2D eigenvalue weighted by Gasteiger charge is 2.24. The zero-order chi connectivity index (χ0) is 34.7. The number of ether oxygens (including phenoxy) is 4. The molecule has 0 N–H and O–H groups in total. The van der Waals surface area contributed by atoms with Crippen LogP contribution in [-0.4, -0.2) is 72.0 Å². The van der Waals surface area contributed by atoms with Crippen molar-refractivity contribution in [3.8, 4) is 11.1 Å². The second-order valence-electron chi connectivity index (χ2n) is 13.5. The Labute approximate surface area is 284 Å². The molecule has 260 valence electrons. The average Bonchev–Trinajstić information content (AvgIpc) is 3.70. The summed E-state index contributed by atoms with van der Waals surface area (Å²) in [5.41, 5.74) is 4.66. The highest BCUT2D eigenvalue weighted by molar-refractivity contribution is 5.91. The molecule has 0 aliphatic rings. The number of carbonyl (C=O) groups is 1. The van der Waals surface area contributed by atoms with E-state index in [1.807, 2.05) is 64.4 Å². The summed E-state index contributed by atoms with van der Waals surface area (Å²) in [6, 6.07) is 7.66. The molecule has 0 bridgehead atoms. The second kappa shape index (κ2) is 16.9. The predicted octanol–water partition coefficient (Wildman–Crippen LogP) is 6.41. The normalized spacial score (nSPS) is 13.8. The van der Waals surface area contributed by atoms with Crippen molar-refractivity contribution < 1.29 is 23.7 Å². The van der Waals surface area contributed by atoms with Crippen LogP contribution in [-0.2, 0) is 45.3 Å². The van der Waals surface area contributed by atoms with E-state index in [9.17, 15) is 4.79 Å². The minimum absolute atomic E-state index is 0.0258. The fourth-order valence-electron chi connectivity index (χ4n) is 5.40. The maximum Gasteiger partial charge on any atom is 0.338 e. The van der Waals surface area contributed by atoms with Crippen LogP contribution >= 0.6 is 0 Å². The summed E-state index contributed by atoms with van der Waals surface area (Å²) in [4.78, 5) is 17.7. The first-order valence-electron chi connectivity index (χ1n) is 16.7. The number of methoxy groups -OCH3 is 1. The minimum atomic E-state index is -0.659. The van der Waals surface area contributed by atoms with Crippen molar-refractivity contribution in [2.45, 2.75) is 118 Å². The van der Waals surface area contributed by atoms with E-state index in [-0.39, 0.29) is 11.7 Å². The van der Waals surface area contributed by atoms with Gasteiger partial charge in [0.1, 0.15) is 17.0 Å². The smallest absolute Gasteiger partial charge is 0.338 e. The molecule has 1 aromatic carbocycles. The number of benzene rings is 1. The third-order valence-corrected chi connectivity index (χ3v) is 8.08. The Morgan fingerprint density at radius 1 is 0.917 bits per heavy atom. The molecule has 3 heterocycles. The lowest BCUT2D eigenvalue weighted by molar-refractivity contribution is -0.0532. The van der Waals surface area contributed by atoms with Gasteiger partial charge in [0.05, 0.1) is 56.0 Å². The third kappa shape index (κ3) is 10.8. The van der Waals surface area contributed by atoms with Crippen LogP contribution in [0.25, 0.3) is 11.1 Å². The maximum absolute atomic E-state index is 13.5. The Hall–Kier alpha value is -4.00. The molecule has 0 fully saturated rings. The van der Waals surface area contributed by atoms with Crippen molar-refractivity contribution in [1.82, 2.24) is 35.0 Å². The van der Waals surface area contributed by atoms with E-state index in [2.05, 4.69) is 46.4 Å². The van der Waals surface area contributed by atoms with Crippen LogP contribution in [0.3, 0.4) is 0 Å². The van der Waals surface area contributed by atoms with Gasteiger partial charge in [0.2, 0.25) is 0 Å². The van der Waals surface area contributed by atoms with Gasteiger partial charge in [-0.1, -0.05) is 30.7 Å². The molecule has 3 aromatic heterocycles. The van der Waals surface area contributed by atoms with Crippen LogP contribution in [0.2, 0.25) is 0 Å². The molecular formula is C36H51N7O5. The molecule has 12 heteroatoms. The van der Waals surface area contributed by atoms with Gasteiger partial charge in [-0.25, -0.2) is 14.2 Å². The molecule has 0 saturated heterocycles. The van der Waals surface area contributed by atoms with Crippen LogP contribution in [0, 0.1) is 0 Å². The number of esters is 1. The summed E-state index contributed by atoms with van der Waals surface area (Å²) in [5.74, 6) is -0.411. The lowest BCUT2D eigenvalue weighted by atomic mass is 9.92. The molecule has 0 amide bonds. The predicted molar refractivity (Wildman–Crippen MR) is 182 cm³/mol. The molecule has 4 aromatic rings. The average molecular weight is 662 g/mol. The standard InChI is InChI=1S/C36H51N7O5/c1-9-14-36(7,10-2)47-25-32-23-43(41-39-32)21-30-19-28(34(44)48-35(4,5)6)18-29(33(30)27-11-15-37-16-12-27)20-42-22-31(38-40-42)24-46-26(3)13-17-45-8/h11-12,15-16,18-19,22-23,26H,9-10,13-14,17,20-21,24-25H2,1-8H3. The van der Waals surface area contributed by atoms with Gasteiger partial charge < -0.3 is 18.9 Å². The van der Waals surface area contributed by atoms with E-state index >= 15 is 0 Å². The molecule has 12 nitrogen and oxygen atoms in total. The van der Waals surface area contributed by atoms with Gasteiger partial charge in [0.15, 0.2) is 0 Å². The minimum Gasteiger partial charge on any atom is -0.456 e. The van der Waals surface area contributed by atoms with Crippen LogP contribution in [0.1, 0.15) is 107 Å². The van der Waals surface area contributed by atoms with Crippen molar-refractivity contribution in [2.24, 2.45) is 0 Å². The van der Waals surface area contributed by atoms with Crippen molar-refractivity contribution >= 4 is 5.97 Å². The second-order valence-corrected chi connectivity index (χ2v) is 13.5. The lowest BCUT2D eigenvalue weighted by Crippen LogP contribution is -2.27. The van der Waals surface area contributed by atoms with Gasteiger partial charge in [-0.15, -0.1) is 10.2 Å². The summed E-state index contributed by atoms with van der Waals surface area (Å²) in [6.45, 7) is 16.1. The van der Waals surface area contributed by atoms with E-state index in [0.717, 1.165) is 53.6 Å². The largest absolute Gasteiger partial charge is 0.456 e. The highest BCUT2D eigenvalue weighted by atomic mass is 16.6. The first-order valence-corrected chi connectivity index (χ1v) is 16.7. The van der Waals surface area contributed by atoms with Gasteiger partial charge in [0.25, 0.3) is 0 Å². The van der Waals surface area contributed by atoms with Gasteiger partial charge in [-0.3, -0.25) is 4.98 Å². The number of hydrogen-bond donors (Lipinski definition) is 0. The molecule has 48 heavy (non-hydrogen) atoms. The summed E-state index contributed by atoms with van der Waals surface area (Å²) >= 11 is 0. The molecule has 0 saturated carbocycles. The van der Waals surface area contributed by atoms with E-state index in [0.29, 0.717) is 44.2 Å². The number of nitrogens with zero attached hydrogens (tertiary/aromatic N) is 7. The summed E-state index contributed by atoms with van der Waals surface area (Å²) in [5, 5.41) is 17.6. The van der Waals surface area contributed by atoms with Crippen LogP contribution in [0.5, 0.6) is 0 Å². The quantitative estimate of drug-likeness (QED) is 0.110. The number of rotatable bonds is 18. The molecule has 0 aliphatic heterocycles. The third-order valence-electron chi connectivity index (χ3n) is 8.08. The number of carbonyl (C=O) groups excluding carboxylic acids is 1. The fourth-order valence-corrected chi connectivity index (χ4v) is 5.40. The Balaban J connectivity index is 1.69. The van der Waals surface area contributed by atoms with E-state index in [4.69, 9.17) is 18.9 Å². The van der Waals surface area contributed by atoms with E-state index in [1.54, 1.807) is 28.9 Å². The molecule has 2 unspecified atom stereocenters. The van der Waals surface area contributed by atoms with E-state index in [1.165, 1.54) is 0 Å². The van der Waals surface area contributed by atoms with Gasteiger partial charge in [-0.2, -0.15) is 0 Å². The Morgan fingerprint density at radius 2 is 1.52 bits per heavy atom. The molecule has 0 aliphatic carbocycles. The van der Waals surface area contributed by atoms with Gasteiger partial charge in [-0.05, 0) is 100 Å². The van der Waals surface area contributed by atoms with Crippen molar-refractivity contribution in [3.63, 3.8) is 0 Å². The zero-order valence-corrected chi connectivity index (χ0v) is 29.7. The van der Waals surface area contributed by atoms with Crippen molar-refractivity contribution in [2.75, 3.05) is 13.7 Å². The van der Waals surface area contributed by atoms with Crippen molar-refractivity contribution in [1.29, 1.82) is 0 Å². The van der Waals surface area contributed by atoms with Crippen LogP contribution in [0.4, 0.5) is 0 Å². The Bertz CT molecular complexity index is 1600. The molecule has 4 rings (SSSR count). The molecule has 2 atom stereocenters.